The summed E-state index contributed by atoms with van der Waals surface area (Å²) in [5.74, 6) is 0.593. The van der Waals surface area contributed by atoms with Gasteiger partial charge in [0.2, 0.25) is 0 Å². The number of nitrogens with zero attached hydrogens (tertiary/aromatic N) is 5. The number of hydrogen-bond acceptors (Lipinski definition) is 6. The van der Waals surface area contributed by atoms with Crippen LogP contribution >= 0.6 is 0 Å². The number of anilines is 1. The fraction of sp³-hybridized carbons (Fsp3) is 0.647. The van der Waals surface area contributed by atoms with Gasteiger partial charge in [-0.15, -0.1) is 0 Å². The number of hydrogen-bond donors (Lipinski definition) is 1. The van der Waals surface area contributed by atoms with Gasteiger partial charge in [0.1, 0.15) is 6.33 Å². The highest BCUT2D eigenvalue weighted by molar-refractivity contribution is 5.82. The zero-order valence-corrected chi connectivity index (χ0v) is 14.4. The number of piperidine rings is 2. The van der Waals surface area contributed by atoms with Crippen molar-refractivity contribution >= 4 is 17.0 Å². The van der Waals surface area contributed by atoms with E-state index in [1.165, 1.54) is 19.2 Å². The fourth-order valence-corrected chi connectivity index (χ4v) is 4.04. The number of fused-ring (bicyclic) bond motifs is 1. The fourth-order valence-electron chi connectivity index (χ4n) is 4.04. The van der Waals surface area contributed by atoms with Crippen LogP contribution in [0.5, 0.6) is 0 Å². The van der Waals surface area contributed by atoms with Crippen molar-refractivity contribution in [2.24, 2.45) is 5.41 Å². The molecule has 2 saturated heterocycles. The van der Waals surface area contributed by atoms with E-state index in [0.29, 0.717) is 22.4 Å². The van der Waals surface area contributed by atoms with E-state index in [1.54, 1.807) is 0 Å². The highest BCUT2D eigenvalue weighted by Gasteiger charge is 2.36. The first-order valence-corrected chi connectivity index (χ1v) is 8.93. The average molecular weight is 366 g/mol. The number of aromatic nitrogens is 4. The van der Waals surface area contributed by atoms with E-state index in [-0.39, 0.29) is 5.69 Å². The number of rotatable bonds is 2. The molecule has 2 fully saturated rings. The molecule has 0 aliphatic carbocycles. The lowest BCUT2D eigenvalue weighted by atomic mass is 9.71. The van der Waals surface area contributed by atoms with Gasteiger partial charge >= 0.3 is 6.18 Å². The summed E-state index contributed by atoms with van der Waals surface area (Å²) in [6, 6.07) is 0. The molecule has 2 aliphatic heterocycles. The van der Waals surface area contributed by atoms with Gasteiger partial charge in [0.15, 0.2) is 17.0 Å². The molecular weight excluding hydrogens is 345 g/mol. The second-order valence-electron chi connectivity index (χ2n) is 7.26. The lowest BCUT2D eigenvalue weighted by molar-refractivity contribution is -0.127. The van der Waals surface area contributed by atoms with Gasteiger partial charge < -0.3 is 10.2 Å². The molecule has 6 nitrogen and oxygen atoms in total. The van der Waals surface area contributed by atoms with E-state index in [0.717, 1.165) is 45.2 Å². The van der Waals surface area contributed by atoms with Crippen LogP contribution in [0, 0.1) is 5.41 Å². The normalized spacial score (nSPS) is 20.7. The van der Waals surface area contributed by atoms with Crippen molar-refractivity contribution in [3.63, 3.8) is 0 Å². The SMILES string of the molecule is FC(F)(F)Cc1cnc2ncnc(N3CCC4(CCNCC4)CC3)c2n1. The molecule has 0 radical (unpaired) electrons. The third kappa shape index (κ3) is 3.58. The second kappa shape index (κ2) is 6.61. The van der Waals surface area contributed by atoms with E-state index in [9.17, 15) is 13.2 Å². The lowest BCUT2D eigenvalue weighted by Gasteiger charge is -2.44. The van der Waals surface area contributed by atoms with Crippen molar-refractivity contribution < 1.29 is 13.2 Å². The summed E-state index contributed by atoms with van der Waals surface area (Å²) in [7, 11) is 0. The zero-order chi connectivity index (χ0) is 18.2. The van der Waals surface area contributed by atoms with Gasteiger partial charge in [0, 0.05) is 13.1 Å². The van der Waals surface area contributed by atoms with Crippen LogP contribution < -0.4 is 10.2 Å². The summed E-state index contributed by atoms with van der Waals surface area (Å²) in [5, 5.41) is 3.40. The quantitative estimate of drug-likeness (QED) is 0.881. The summed E-state index contributed by atoms with van der Waals surface area (Å²) in [5.41, 5.74) is 0.976. The first-order valence-electron chi connectivity index (χ1n) is 8.93. The Hall–Kier alpha value is -2.03. The van der Waals surface area contributed by atoms with Crippen LogP contribution in [0.15, 0.2) is 12.5 Å². The molecule has 4 heterocycles. The largest absolute Gasteiger partial charge is 0.394 e. The minimum Gasteiger partial charge on any atom is -0.355 e. The van der Waals surface area contributed by atoms with Crippen LogP contribution in [0.25, 0.3) is 11.2 Å². The molecule has 140 valence electrons. The van der Waals surface area contributed by atoms with Crippen molar-refractivity contribution in [3.8, 4) is 0 Å². The van der Waals surface area contributed by atoms with Crippen molar-refractivity contribution in [1.29, 1.82) is 0 Å². The van der Waals surface area contributed by atoms with Gasteiger partial charge in [-0.3, -0.25) is 0 Å². The Balaban J connectivity index is 1.59. The van der Waals surface area contributed by atoms with E-state index < -0.39 is 12.6 Å². The molecular formula is C17H21F3N6. The van der Waals surface area contributed by atoms with E-state index in [1.807, 2.05) is 0 Å². The molecule has 0 aromatic carbocycles. The van der Waals surface area contributed by atoms with E-state index >= 15 is 0 Å². The molecule has 1 N–H and O–H groups in total. The second-order valence-corrected chi connectivity index (χ2v) is 7.26. The van der Waals surface area contributed by atoms with E-state index in [4.69, 9.17) is 0 Å². The van der Waals surface area contributed by atoms with Gasteiger partial charge in [0.05, 0.1) is 18.3 Å². The minimum atomic E-state index is -4.31. The monoisotopic (exact) mass is 366 g/mol. The van der Waals surface area contributed by atoms with Gasteiger partial charge in [-0.25, -0.2) is 19.9 Å². The van der Waals surface area contributed by atoms with Crippen LogP contribution in [0.3, 0.4) is 0 Å². The Kier molecular flexibility index (Phi) is 4.42. The Labute approximate surface area is 149 Å². The number of halogens is 3. The van der Waals surface area contributed by atoms with Crippen molar-refractivity contribution in [2.45, 2.75) is 38.3 Å². The third-order valence-corrected chi connectivity index (χ3v) is 5.54. The molecule has 2 aliphatic rings. The molecule has 0 bridgehead atoms. The molecule has 1 spiro atoms. The molecule has 0 amide bonds. The summed E-state index contributed by atoms with van der Waals surface area (Å²) in [4.78, 5) is 18.7. The van der Waals surface area contributed by atoms with E-state index in [2.05, 4.69) is 30.2 Å². The van der Waals surface area contributed by atoms with Crippen LogP contribution in [0.1, 0.15) is 31.4 Å². The van der Waals surface area contributed by atoms with Gasteiger partial charge in [-0.05, 0) is 44.2 Å². The van der Waals surface area contributed by atoms with Crippen LogP contribution in [0.4, 0.5) is 19.0 Å². The van der Waals surface area contributed by atoms with Crippen molar-refractivity contribution in [3.05, 3.63) is 18.2 Å². The Morgan fingerprint density at radius 3 is 2.46 bits per heavy atom. The first kappa shape index (κ1) is 17.4. The average Bonchev–Trinajstić information content (AvgIpc) is 2.61. The molecule has 9 heteroatoms. The predicted octanol–water partition coefficient (Wildman–Crippen LogP) is 2.49. The van der Waals surface area contributed by atoms with Crippen LogP contribution in [-0.2, 0) is 6.42 Å². The first-order chi connectivity index (χ1) is 12.4. The molecule has 0 saturated carbocycles. The Morgan fingerprint density at radius 1 is 1.04 bits per heavy atom. The van der Waals surface area contributed by atoms with Crippen LogP contribution in [0.2, 0.25) is 0 Å². The third-order valence-electron chi connectivity index (χ3n) is 5.54. The topological polar surface area (TPSA) is 66.8 Å². The highest BCUT2D eigenvalue weighted by atomic mass is 19.4. The Bertz CT molecular complexity index is 778. The maximum absolute atomic E-state index is 12.7. The van der Waals surface area contributed by atoms with Crippen molar-refractivity contribution in [1.82, 2.24) is 25.3 Å². The van der Waals surface area contributed by atoms with Crippen LogP contribution in [-0.4, -0.2) is 52.3 Å². The zero-order valence-electron chi connectivity index (χ0n) is 14.4. The highest BCUT2D eigenvalue weighted by Crippen LogP contribution is 2.40. The molecule has 26 heavy (non-hydrogen) atoms. The molecule has 0 unspecified atom stereocenters. The minimum absolute atomic E-state index is 0.104. The standard InChI is InChI=1S/C17H21F3N6/c18-17(19,20)9-12-10-22-14-13(25-12)15(24-11-23-14)26-7-3-16(4-8-26)1-5-21-6-2-16/h10-11,21H,1-9H2. The summed E-state index contributed by atoms with van der Waals surface area (Å²) < 4.78 is 38.1. The molecule has 2 aromatic rings. The summed E-state index contributed by atoms with van der Waals surface area (Å²) in [6.07, 6.45) is 1.63. The molecule has 2 aromatic heterocycles. The number of alkyl halides is 3. The summed E-state index contributed by atoms with van der Waals surface area (Å²) in [6.45, 7) is 3.78. The number of nitrogens with one attached hydrogen (secondary N) is 1. The smallest absolute Gasteiger partial charge is 0.355 e. The van der Waals surface area contributed by atoms with Crippen molar-refractivity contribution in [2.75, 3.05) is 31.1 Å². The maximum atomic E-state index is 12.7. The van der Waals surface area contributed by atoms with Gasteiger partial charge in [-0.2, -0.15) is 13.2 Å². The molecule has 0 atom stereocenters. The summed E-state index contributed by atoms with van der Waals surface area (Å²) >= 11 is 0. The Morgan fingerprint density at radius 2 is 1.77 bits per heavy atom. The lowest BCUT2D eigenvalue weighted by Crippen LogP contribution is -2.45. The van der Waals surface area contributed by atoms with Gasteiger partial charge in [-0.1, -0.05) is 0 Å². The molecule has 4 rings (SSSR count). The van der Waals surface area contributed by atoms with Gasteiger partial charge in [0.25, 0.3) is 0 Å². The predicted molar refractivity (Wildman–Crippen MR) is 90.9 cm³/mol. The maximum Gasteiger partial charge on any atom is 0.394 e.